The third-order valence-electron chi connectivity index (χ3n) is 2.72. The van der Waals surface area contributed by atoms with Crippen LogP contribution in [0.25, 0.3) is 0 Å². The molecule has 2 aromatic carbocycles. The Morgan fingerprint density at radius 1 is 1.25 bits per heavy atom. The number of ether oxygens (including phenoxy) is 2. The van der Waals surface area contributed by atoms with E-state index >= 15 is 0 Å². The third kappa shape index (κ3) is 3.06. The van der Waals surface area contributed by atoms with Gasteiger partial charge in [-0.3, -0.25) is 0 Å². The zero-order chi connectivity index (χ0) is 14.5. The van der Waals surface area contributed by atoms with E-state index < -0.39 is 17.3 Å². The Morgan fingerprint density at radius 3 is 2.70 bits per heavy atom. The quantitative estimate of drug-likeness (QED) is 0.911. The maximum absolute atomic E-state index is 13.5. The second kappa shape index (κ2) is 6.06. The van der Waals surface area contributed by atoms with Crippen LogP contribution in [0.2, 0.25) is 0 Å². The van der Waals surface area contributed by atoms with Crippen LogP contribution in [0.1, 0.15) is 15.9 Å². The van der Waals surface area contributed by atoms with E-state index in [2.05, 4.69) is 0 Å². The van der Waals surface area contributed by atoms with Gasteiger partial charge in [0.25, 0.3) is 0 Å². The van der Waals surface area contributed by atoms with Gasteiger partial charge in [-0.2, -0.15) is 0 Å². The van der Waals surface area contributed by atoms with Gasteiger partial charge < -0.3 is 14.6 Å². The zero-order valence-corrected chi connectivity index (χ0v) is 10.8. The number of halogens is 1. The number of carbonyl (C=O) groups is 1. The SMILES string of the molecule is COc1cccc(COc2cccc(F)c2C(=O)O)c1. The summed E-state index contributed by atoms with van der Waals surface area (Å²) in [6.07, 6.45) is 0. The molecule has 0 aliphatic heterocycles. The molecule has 104 valence electrons. The Morgan fingerprint density at radius 2 is 2.00 bits per heavy atom. The first-order chi connectivity index (χ1) is 9.61. The largest absolute Gasteiger partial charge is 0.497 e. The van der Waals surface area contributed by atoms with E-state index in [1.165, 1.54) is 12.1 Å². The Kier molecular flexibility index (Phi) is 4.20. The van der Waals surface area contributed by atoms with Gasteiger partial charge in [0.2, 0.25) is 0 Å². The summed E-state index contributed by atoms with van der Waals surface area (Å²) in [7, 11) is 1.55. The van der Waals surface area contributed by atoms with Crippen molar-refractivity contribution >= 4 is 5.97 Å². The summed E-state index contributed by atoms with van der Waals surface area (Å²) in [6, 6.07) is 11.1. The fraction of sp³-hybridized carbons (Fsp3) is 0.133. The third-order valence-corrected chi connectivity index (χ3v) is 2.72. The van der Waals surface area contributed by atoms with Crippen LogP contribution in [0.3, 0.4) is 0 Å². The predicted molar refractivity (Wildman–Crippen MR) is 70.7 cm³/mol. The van der Waals surface area contributed by atoms with Gasteiger partial charge in [-0.1, -0.05) is 18.2 Å². The lowest BCUT2D eigenvalue weighted by Gasteiger charge is -2.10. The first kappa shape index (κ1) is 13.9. The molecule has 5 heteroatoms. The van der Waals surface area contributed by atoms with Gasteiger partial charge >= 0.3 is 5.97 Å². The maximum Gasteiger partial charge on any atom is 0.342 e. The van der Waals surface area contributed by atoms with Crippen LogP contribution in [-0.4, -0.2) is 18.2 Å². The number of benzene rings is 2. The predicted octanol–water partition coefficient (Wildman–Crippen LogP) is 3.11. The molecule has 4 nitrogen and oxygen atoms in total. The Hall–Kier alpha value is -2.56. The van der Waals surface area contributed by atoms with Gasteiger partial charge in [-0.15, -0.1) is 0 Å². The van der Waals surface area contributed by atoms with Gasteiger partial charge in [0.05, 0.1) is 7.11 Å². The molecule has 20 heavy (non-hydrogen) atoms. The lowest BCUT2D eigenvalue weighted by atomic mass is 10.2. The number of methoxy groups -OCH3 is 1. The summed E-state index contributed by atoms with van der Waals surface area (Å²) in [5, 5.41) is 8.99. The number of aromatic carboxylic acids is 1. The van der Waals surface area contributed by atoms with Gasteiger partial charge in [-0.25, -0.2) is 9.18 Å². The lowest BCUT2D eigenvalue weighted by Crippen LogP contribution is -2.06. The van der Waals surface area contributed by atoms with Crippen LogP contribution < -0.4 is 9.47 Å². The van der Waals surface area contributed by atoms with Crippen LogP contribution in [0.4, 0.5) is 4.39 Å². The van der Waals surface area contributed by atoms with E-state index in [-0.39, 0.29) is 12.4 Å². The number of rotatable bonds is 5. The van der Waals surface area contributed by atoms with E-state index in [1.807, 2.05) is 6.07 Å². The highest BCUT2D eigenvalue weighted by molar-refractivity contribution is 5.91. The monoisotopic (exact) mass is 276 g/mol. The molecule has 0 saturated carbocycles. The van der Waals surface area contributed by atoms with Crippen molar-refractivity contribution in [1.29, 1.82) is 0 Å². The molecule has 1 N–H and O–H groups in total. The van der Waals surface area contributed by atoms with Crippen molar-refractivity contribution in [3.05, 3.63) is 59.4 Å². The normalized spacial score (nSPS) is 10.1. The zero-order valence-electron chi connectivity index (χ0n) is 10.8. The Bertz CT molecular complexity index is 625. The number of carboxylic acids is 1. The molecule has 0 amide bonds. The van der Waals surface area contributed by atoms with E-state index in [0.29, 0.717) is 5.75 Å². The van der Waals surface area contributed by atoms with Crippen LogP contribution in [0.5, 0.6) is 11.5 Å². The minimum absolute atomic E-state index is 0.000296. The number of hydrogen-bond acceptors (Lipinski definition) is 3. The van der Waals surface area contributed by atoms with E-state index in [4.69, 9.17) is 14.6 Å². The van der Waals surface area contributed by atoms with E-state index in [1.54, 1.807) is 25.3 Å². The molecule has 0 bridgehead atoms. The van der Waals surface area contributed by atoms with Gasteiger partial charge in [0, 0.05) is 0 Å². The summed E-state index contributed by atoms with van der Waals surface area (Å²) in [5.41, 5.74) is 0.334. The fourth-order valence-electron chi connectivity index (χ4n) is 1.76. The van der Waals surface area contributed by atoms with Crippen molar-refractivity contribution in [2.45, 2.75) is 6.61 Å². The molecule has 0 spiro atoms. The molecule has 0 aliphatic rings. The lowest BCUT2D eigenvalue weighted by molar-refractivity contribution is 0.0686. The highest BCUT2D eigenvalue weighted by atomic mass is 19.1. The average Bonchev–Trinajstić information content (AvgIpc) is 2.45. The van der Waals surface area contributed by atoms with Crippen molar-refractivity contribution in [3.63, 3.8) is 0 Å². The summed E-state index contributed by atoms with van der Waals surface area (Å²) in [6.45, 7) is 0.126. The van der Waals surface area contributed by atoms with E-state index in [0.717, 1.165) is 11.6 Å². The molecule has 0 aromatic heterocycles. The standard InChI is InChI=1S/C15H13FO4/c1-19-11-5-2-4-10(8-11)9-20-13-7-3-6-12(16)14(13)15(17)18/h2-8H,9H2,1H3,(H,17,18). The summed E-state index contributed by atoms with van der Waals surface area (Å²) >= 11 is 0. The topological polar surface area (TPSA) is 55.8 Å². The van der Waals surface area contributed by atoms with Crippen molar-refractivity contribution in [2.24, 2.45) is 0 Å². The fourth-order valence-corrected chi connectivity index (χ4v) is 1.76. The van der Waals surface area contributed by atoms with E-state index in [9.17, 15) is 9.18 Å². The molecule has 2 rings (SSSR count). The molecule has 2 aromatic rings. The molecular weight excluding hydrogens is 263 g/mol. The highest BCUT2D eigenvalue weighted by Crippen LogP contribution is 2.23. The van der Waals surface area contributed by atoms with Crippen molar-refractivity contribution in [3.8, 4) is 11.5 Å². The molecule has 0 saturated heterocycles. The first-order valence-corrected chi connectivity index (χ1v) is 5.89. The van der Waals surface area contributed by atoms with Gasteiger partial charge in [0.15, 0.2) is 0 Å². The van der Waals surface area contributed by atoms with Gasteiger partial charge in [-0.05, 0) is 29.8 Å². The molecule has 0 heterocycles. The summed E-state index contributed by atoms with van der Waals surface area (Å²) in [4.78, 5) is 11.0. The number of carboxylic acid groups (broad SMARTS) is 1. The number of hydrogen-bond donors (Lipinski definition) is 1. The van der Waals surface area contributed by atoms with Crippen molar-refractivity contribution in [2.75, 3.05) is 7.11 Å². The van der Waals surface area contributed by atoms with Crippen molar-refractivity contribution in [1.82, 2.24) is 0 Å². The molecular formula is C15H13FO4. The summed E-state index contributed by atoms with van der Waals surface area (Å²) in [5.74, 6) is -1.51. The second-order valence-electron chi connectivity index (χ2n) is 4.06. The van der Waals surface area contributed by atoms with Crippen LogP contribution in [0.15, 0.2) is 42.5 Å². The van der Waals surface area contributed by atoms with Gasteiger partial charge in [0.1, 0.15) is 29.5 Å². The minimum atomic E-state index is -1.36. The molecule has 0 fully saturated rings. The molecule has 0 atom stereocenters. The minimum Gasteiger partial charge on any atom is -0.497 e. The Labute approximate surface area is 115 Å². The average molecular weight is 276 g/mol. The molecule has 0 radical (unpaired) electrons. The van der Waals surface area contributed by atoms with Crippen LogP contribution in [-0.2, 0) is 6.61 Å². The smallest absolute Gasteiger partial charge is 0.342 e. The van der Waals surface area contributed by atoms with Crippen molar-refractivity contribution < 1.29 is 23.8 Å². The molecule has 0 aliphatic carbocycles. The summed E-state index contributed by atoms with van der Waals surface area (Å²) < 4.78 is 23.9. The highest BCUT2D eigenvalue weighted by Gasteiger charge is 2.16. The first-order valence-electron chi connectivity index (χ1n) is 5.89. The maximum atomic E-state index is 13.5. The molecule has 0 unspecified atom stereocenters. The van der Waals surface area contributed by atoms with Crippen LogP contribution >= 0.6 is 0 Å². The Balaban J connectivity index is 2.18. The van der Waals surface area contributed by atoms with Crippen LogP contribution in [0, 0.1) is 5.82 Å². The second-order valence-corrected chi connectivity index (χ2v) is 4.06.